The molecule has 0 aliphatic heterocycles. The molecule has 2 N–H and O–H groups in total. The topological polar surface area (TPSA) is 33.3 Å². The maximum atomic E-state index is 4.68. The highest BCUT2D eigenvalue weighted by Gasteiger charge is 1.69. The minimum absolute atomic E-state index is 0.741. The number of hydrogen-bond acceptors (Lipinski definition) is 3. The predicted molar refractivity (Wildman–Crippen MR) is 37.5 cm³/mol. The Bertz CT molecular complexity index is 91.1. The molecule has 0 rings (SSSR count). The summed E-state index contributed by atoms with van der Waals surface area (Å²) in [5, 5.41) is 2.88. The largest absolute Gasteiger partial charge is 0.417 e. The van der Waals surface area contributed by atoms with E-state index in [1.807, 2.05) is 6.08 Å². The van der Waals surface area contributed by atoms with Gasteiger partial charge in [0, 0.05) is 13.6 Å². The number of hydroxylamine groups is 1. The summed E-state index contributed by atoms with van der Waals surface area (Å²) in [6.45, 7) is 4.22. The van der Waals surface area contributed by atoms with E-state index in [9.17, 15) is 0 Å². The zero-order valence-electron chi connectivity index (χ0n) is 5.55. The van der Waals surface area contributed by atoms with Crippen molar-refractivity contribution < 1.29 is 4.84 Å². The van der Waals surface area contributed by atoms with Crippen molar-refractivity contribution in [3.05, 3.63) is 25.1 Å². The number of hydrogen-bond donors (Lipinski definition) is 2. The molecule has 0 heterocycles. The van der Waals surface area contributed by atoms with E-state index in [-0.39, 0.29) is 0 Å². The lowest BCUT2D eigenvalue weighted by Gasteiger charge is -1.93. The smallest absolute Gasteiger partial charge is 0.109 e. The Kier molecular flexibility index (Phi) is 6.29. The van der Waals surface area contributed by atoms with Crippen LogP contribution in [0.15, 0.2) is 25.1 Å². The average Bonchev–Trinajstić information content (AvgIpc) is 1.89. The van der Waals surface area contributed by atoms with Gasteiger partial charge in [0.25, 0.3) is 0 Å². The monoisotopic (exact) mass is 128 g/mol. The van der Waals surface area contributed by atoms with Crippen LogP contribution >= 0.6 is 0 Å². The fourth-order valence-electron chi connectivity index (χ4n) is 0.316. The van der Waals surface area contributed by atoms with E-state index in [2.05, 4.69) is 22.2 Å². The molecule has 52 valence electrons. The van der Waals surface area contributed by atoms with Crippen LogP contribution in [0.1, 0.15) is 0 Å². The summed E-state index contributed by atoms with van der Waals surface area (Å²) in [7, 11) is 1.70. The number of rotatable bonds is 5. The van der Waals surface area contributed by atoms with Gasteiger partial charge in [0.2, 0.25) is 0 Å². The van der Waals surface area contributed by atoms with Crippen molar-refractivity contribution in [3.8, 4) is 0 Å². The van der Waals surface area contributed by atoms with Crippen LogP contribution in [0.2, 0.25) is 0 Å². The van der Waals surface area contributed by atoms with Gasteiger partial charge in [0.05, 0.1) is 0 Å². The summed E-state index contributed by atoms with van der Waals surface area (Å²) in [4.78, 5) is 4.68. The maximum absolute atomic E-state index is 4.68. The van der Waals surface area contributed by atoms with Crippen LogP contribution in [0.3, 0.4) is 0 Å². The maximum Gasteiger partial charge on any atom is 0.109 e. The molecular weight excluding hydrogens is 116 g/mol. The molecule has 0 radical (unpaired) electrons. The van der Waals surface area contributed by atoms with Crippen molar-refractivity contribution in [2.24, 2.45) is 0 Å². The lowest BCUT2D eigenvalue weighted by Crippen LogP contribution is -2.04. The Morgan fingerprint density at radius 3 is 3.00 bits per heavy atom. The van der Waals surface area contributed by atoms with E-state index >= 15 is 0 Å². The third-order valence-electron chi connectivity index (χ3n) is 0.662. The van der Waals surface area contributed by atoms with Crippen LogP contribution in [0.5, 0.6) is 0 Å². The first-order chi connectivity index (χ1) is 4.41. The molecule has 0 amide bonds. The van der Waals surface area contributed by atoms with E-state index in [0.717, 1.165) is 6.54 Å². The van der Waals surface area contributed by atoms with Crippen molar-refractivity contribution in [1.29, 1.82) is 0 Å². The minimum Gasteiger partial charge on any atom is -0.417 e. The van der Waals surface area contributed by atoms with Crippen molar-refractivity contribution in [1.82, 2.24) is 10.8 Å². The number of nitrogens with one attached hydrogen (secondary N) is 2. The molecule has 0 aliphatic rings. The lowest BCUT2D eigenvalue weighted by molar-refractivity contribution is 0.158. The third-order valence-corrected chi connectivity index (χ3v) is 0.662. The molecule has 3 heteroatoms. The highest BCUT2D eigenvalue weighted by Crippen LogP contribution is 1.68. The van der Waals surface area contributed by atoms with Gasteiger partial charge in [-0.3, -0.25) is 0 Å². The second-order valence-corrected chi connectivity index (χ2v) is 1.31. The Balaban J connectivity index is 2.94. The van der Waals surface area contributed by atoms with Crippen molar-refractivity contribution in [2.75, 3.05) is 13.6 Å². The molecule has 0 aromatic heterocycles. The predicted octanol–water partition coefficient (Wildman–Crippen LogP) is 0.384. The molecule has 0 bridgehead atoms. The van der Waals surface area contributed by atoms with Crippen molar-refractivity contribution in [3.63, 3.8) is 0 Å². The summed E-state index contributed by atoms with van der Waals surface area (Å²) >= 11 is 0. The molecule has 0 unspecified atom stereocenters. The van der Waals surface area contributed by atoms with Gasteiger partial charge in [-0.15, -0.1) is 0 Å². The van der Waals surface area contributed by atoms with Gasteiger partial charge in [0.15, 0.2) is 0 Å². The molecule has 0 spiro atoms. The molecule has 0 aromatic carbocycles. The van der Waals surface area contributed by atoms with E-state index in [0.29, 0.717) is 0 Å². The Hall–Kier alpha value is -0.960. The zero-order chi connectivity index (χ0) is 6.95. The zero-order valence-corrected chi connectivity index (χ0v) is 5.55. The van der Waals surface area contributed by atoms with Crippen molar-refractivity contribution in [2.45, 2.75) is 0 Å². The van der Waals surface area contributed by atoms with E-state index in [4.69, 9.17) is 0 Å². The third kappa shape index (κ3) is 7.04. The summed E-state index contributed by atoms with van der Waals surface area (Å²) < 4.78 is 0. The fourth-order valence-corrected chi connectivity index (χ4v) is 0.316. The Labute approximate surface area is 55.4 Å². The van der Waals surface area contributed by atoms with Crippen LogP contribution < -0.4 is 10.8 Å². The molecule has 0 atom stereocenters. The SMILES string of the molecule is C=CNC/C=C\ONC. The quantitative estimate of drug-likeness (QED) is 0.319. The molecule has 0 saturated heterocycles. The molecule has 9 heavy (non-hydrogen) atoms. The second kappa shape index (κ2) is 7.04. The van der Waals surface area contributed by atoms with Gasteiger partial charge in [-0.2, -0.15) is 5.48 Å². The van der Waals surface area contributed by atoms with Gasteiger partial charge in [-0.1, -0.05) is 6.58 Å². The van der Waals surface area contributed by atoms with Gasteiger partial charge < -0.3 is 10.2 Å². The van der Waals surface area contributed by atoms with Gasteiger partial charge >= 0.3 is 0 Å². The summed E-state index contributed by atoms with van der Waals surface area (Å²) in [5.74, 6) is 0. The average molecular weight is 128 g/mol. The first-order valence-corrected chi connectivity index (χ1v) is 2.73. The highest BCUT2D eigenvalue weighted by atomic mass is 16.6. The Morgan fingerprint density at radius 2 is 2.44 bits per heavy atom. The molecule has 3 nitrogen and oxygen atoms in total. The summed E-state index contributed by atoms with van der Waals surface area (Å²) in [5.41, 5.74) is 2.50. The first kappa shape index (κ1) is 8.04. The second-order valence-electron chi connectivity index (χ2n) is 1.31. The lowest BCUT2D eigenvalue weighted by atomic mass is 10.6. The van der Waals surface area contributed by atoms with Gasteiger partial charge in [-0.05, 0) is 12.3 Å². The summed E-state index contributed by atoms with van der Waals surface area (Å²) in [6, 6.07) is 0. The minimum atomic E-state index is 0.741. The normalized spacial score (nSPS) is 9.44. The highest BCUT2D eigenvalue weighted by molar-refractivity contribution is 4.78. The molecular formula is C6H12N2O. The van der Waals surface area contributed by atoms with Crippen LogP contribution in [-0.2, 0) is 4.84 Å². The molecule has 0 saturated carbocycles. The molecule has 0 aromatic rings. The van der Waals surface area contributed by atoms with Crippen LogP contribution in [0.25, 0.3) is 0 Å². The molecule has 0 fully saturated rings. The van der Waals surface area contributed by atoms with Gasteiger partial charge in [0.1, 0.15) is 6.26 Å². The van der Waals surface area contributed by atoms with E-state index in [1.54, 1.807) is 19.5 Å². The van der Waals surface area contributed by atoms with E-state index < -0.39 is 0 Å². The van der Waals surface area contributed by atoms with Crippen LogP contribution in [0, 0.1) is 0 Å². The first-order valence-electron chi connectivity index (χ1n) is 2.73. The van der Waals surface area contributed by atoms with Crippen LogP contribution in [0.4, 0.5) is 0 Å². The molecule has 0 aliphatic carbocycles. The summed E-state index contributed by atoms with van der Waals surface area (Å²) in [6.07, 6.45) is 5.03. The van der Waals surface area contributed by atoms with Crippen LogP contribution in [-0.4, -0.2) is 13.6 Å². The van der Waals surface area contributed by atoms with Crippen molar-refractivity contribution >= 4 is 0 Å². The fraction of sp³-hybridized carbons (Fsp3) is 0.333. The standard InChI is InChI=1S/C6H12N2O/c1-3-8-5-4-6-9-7-2/h3-4,6-8H,1,5H2,2H3/b6-4-. The van der Waals surface area contributed by atoms with Gasteiger partial charge in [-0.25, -0.2) is 0 Å². The Morgan fingerprint density at radius 1 is 1.67 bits per heavy atom. The van der Waals surface area contributed by atoms with E-state index in [1.165, 1.54) is 0 Å².